The minimum absolute atomic E-state index is 0.157. The molecule has 0 fully saturated rings. The number of nitrogens with zero attached hydrogens (tertiary/aromatic N) is 2. The topological polar surface area (TPSA) is 87.7 Å². The van der Waals surface area contributed by atoms with Crippen LogP contribution in [-0.2, 0) is 0 Å². The van der Waals surface area contributed by atoms with Crippen LogP contribution in [-0.4, -0.2) is 45.9 Å². The van der Waals surface area contributed by atoms with Gasteiger partial charge in [-0.25, -0.2) is 0 Å². The Labute approximate surface area is 193 Å². The second-order valence-electron chi connectivity index (χ2n) is 8.06. The minimum Gasteiger partial charge on any atom is -0.507 e. The molecule has 4 rings (SSSR count). The van der Waals surface area contributed by atoms with Crippen LogP contribution in [0.4, 0.5) is 0 Å². The standard InChI is InChI=1S/C26H29N3O4/c1-6-11-29-24(17-9-10-19(32-7-2)20(14-17)33-8-3)21-22(27-28-23(21)26(29)31)18-13-15(4)12-16(5)25(18)30/h6,9-10,12-14,24,30H,1,7-8,11H2,2-5H3,(H,27,28). The van der Waals surface area contributed by atoms with Crippen LogP contribution < -0.4 is 9.47 Å². The lowest BCUT2D eigenvalue weighted by molar-refractivity contribution is 0.0764. The van der Waals surface area contributed by atoms with E-state index in [9.17, 15) is 9.90 Å². The van der Waals surface area contributed by atoms with Gasteiger partial charge in [0.05, 0.1) is 19.3 Å². The monoisotopic (exact) mass is 447 g/mol. The highest BCUT2D eigenvalue weighted by atomic mass is 16.5. The SMILES string of the molecule is C=CCN1C(=O)c2[nH]nc(-c3cc(C)cc(C)c3O)c2C1c1ccc(OCC)c(OCC)c1. The normalized spacial score (nSPS) is 15.0. The Balaban J connectivity index is 1.92. The van der Waals surface area contributed by atoms with Crippen molar-refractivity contribution in [3.63, 3.8) is 0 Å². The second kappa shape index (κ2) is 9.02. The van der Waals surface area contributed by atoms with E-state index in [0.29, 0.717) is 48.2 Å². The maximum absolute atomic E-state index is 13.3. The second-order valence-corrected chi connectivity index (χ2v) is 8.06. The molecule has 1 aliphatic rings. The van der Waals surface area contributed by atoms with E-state index in [4.69, 9.17) is 9.47 Å². The Morgan fingerprint density at radius 2 is 1.88 bits per heavy atom. The van der Waals surface area contributed by atoms with Crippen LogP contribution in [0.3, 0.4) is 0 Å². The molecule has 2 heterocycles. The molecule has 0 bridgehead atoms. The quantitative estimate of drug-likeness (QED) is 0.478. The van der Waals surface area contributed by atoms with Crippen LogP contribution in [0, 0.1) is 13.8 Å². The molecule has 1 unspecified atom stereocenters. The molecule has 1 amide bonds. The molecule has 0 aliphatic carbocycles. The van der Waals surface area contributed by atoms with E-state index in [1.54, 1.807) is 11.0 Å². The number of amides is 1. The van der Waals surface area contributed by atoms with Crippen molar-refractivity contribution in [2.75, 3.05) is 19.8 Å². The van der Waals surface area contributed by atoms with Crippen molar-refractivity contribution in [2.24, 2.45) is 0 Å². The van der Waals surface area contributed by atoms with Gasteiger partial charge in [-0.1, -0.05) is 18.2 Å². The fourth-order valence-corrected chi connectivity index (χ4v) is 4.45. The van der Waals surface area contributed by atoms with Crippen LogP contribution in [0.2, 0.25) is 0 Å². The molecule has 172 valence electrons. The summed E-state index contributed by atoms with van der Waals surface area (Å²) in [4.78, 5) is 15.0. The number of aromatic nitrogens is 2. The molecule has 1 atom stereocenters. The molecule has 1 aromatic heterocycles. The minimum atomic E-state index is -0.422. The number of fused-ring (bicyclic) bond motifs is 1. The van der Waals surface area contributed by atoms with Crippen molar-refractivity contribution >= 4 is 5.91 Å². The van der Waals surface area contributed by atoms with Gasteiger partial charge in [0.1, 0.15) is 17.1 Å². The summed E-state index contributed by atoms with van der Waals surface area (Å²) in [5.41, 5.74) is 4.93. The summed E-state index contributed by atoms with van der Waals surface area (Å²) in [7, 11) is 0. The summed E-state index contributed by atoms with van der Waals surface area (Å²) in [6.45, 7) is 12.9. The average Bonchev–Trinajstić information content (AvgIpc) is 3.32. The Bertz CT molecular complexity index is 1210. The fraction of sp³-hybridized carbons (Fsp3) is 0.308. The lowest BCUT2D eigenvalue weighted by Crippen LogP contribution is -2.29. The van der Waals surface area contributed by atoms with Crippen molar-refractivity contribution in [3.05, 3.63) is 70.9 Å². The van der Waals surface area contributed by atoms with E-state index in [0.717, 1.165) is 22.3 Å². The number of phenols is 1. The number of aryl methyl sites for hydroxylation is 2. The number of phenolic OH excluding ortho intramolecular Hbond substituents is 1. The first-order valence-corrected chi connectivity index (χ1v) is 11.1. The number of hydrogen-bond donors (Lipinski definition) is 2. The predicted octanol–water partition coefficient (Wildman–Crippen LogP) is 4.93. The maximum Gasteiger partial charge on any atom is 0.273 e. The molecule has 2 N–H and O–H groups in total. The van der Waals surface area contributed by atoms with Gasteiger partial charge in [-0.05, 0) is 62.6 Å². The van der Waals surface area contributed by atoms with Gasteiger partial charge in [0.25, 0.3) is 5.91 Å². The number of hydrogen-bond acceptors (Lipinski definition) is 5. The van der Waals surface area contributed by atoms with Gasteiger partial charge >= 0.3 is 0 Å². The first-order chi connectivity index (χ1) is 15.9. The molecule has 33 heavy (non-hydrogen) atoms. The zero-order chi connectivity index (χ0) is 23.7. The Kier molecular flexibility index (Phi) is 6.14. The van der Waals surface area contributed by atoms with Gasteiger partial charge in [-0.3, -0.25) is 9.89 Å². The third-order valence-corrected chi connectivity index (χ3v) is 5.77. The molecular formula is C26H29N3O4. The number of H-pyrrole nitrogens is 1. The molecule has 3 aromatic rings. The number of carbonyl (C=O) groups excluding carboxylic acids is 1. The number of aromatic amines is 1. The van der Waals surface area contributed by atoms with Gasteiger partial charge in [0.15, 0.2) is 11.5 Å². The van der Waals surface area contributed by atoms with Crippen LogP contribution in [0.25, 0.3) is 11.3 Å². The Hall–Kier alpha value is -3.74. The van der Waals surface area contributed by atoms with Crippen molar-refractivity contribution in [2.45, 2.75) is 33.7 Å². The van der Waals surface area contributed by atoms with E-state index in [2.05, 4.69) is 16.8 Å². The lowest BCUT2D eigenvalue weighted by Gasteiger charge is -2.26. The van der Waals surface area contributed by atoms with Gasteiger partial charge < -0.3 is 19.5 Å². The molecule has 0 radical (unpaired) electrons. The molecule has 1 aliphatic heterocycles. The van der Waals surface area contributed by atoms with E-state index in [-0.39, 0.29) is 11.7 Å². The molecule has 0 saturated heterocycles. The third kappa shape index (κ3) is 3.84. The summed E-state index contributed by atoms with van der Waals surface area (Å²) < 4.78 is 11.6. The highest BCUT2D eigenvalue weighted by Gasteiger charge is 2.42. The zero-order valence-electron chi connectivity index (χ0n) is 19.4. The Morgan fingerprint density at radius 1 is 1.15 bits per heavy atom. The van der Waals surface area contributed by atoms with E-state index < -0.39 is 6.04 Å². The smallest absolute Gasteiger partial charge is 0.273 e. The van der Waals surface area contributed by atoms with Crippen molar-refractivity contribution < 1.29 is 19.4 Å². The average molecular weight is 448 g/mol. The zero-order valence-corrected chi connectivity index (χ0v) is 19.4. The van der Waals surface area contributed by atoms with Gasteiger partial charge in [0, 0.05) is 17.7 Å². The molecule has 0 spiro atoms. The first kappa shape index (κ1) is 22.5. The number of benzene rings is 2. The number of carbonyl (C=O) groups is 1. The molecule has 7 heteroatoms. The summed E-state index contributed by atoms with van der Waals surface area (Å²) >= 11 is 0. The van der Waals surface area contributed by atoms with Crippen LogP contribution in [0.5, 0.6) is 17.2 Å². The maximum atomic E-state index is 13.3. The van der Waals surface area contributed by atoms with Gasteiger partial charge in [0.2, 0.25) is 0 Å². The summed E-state index contributed by atoms with van der Waals surface area (Å²) in [5, 5.41) is 18.2. The van der Waals surface area contributed by atoms with Crippen LogP contribution >= 0.6 is 0 Å². The third-order valence-electron chi connectivity index (χ3n) is 5.77. The Morgan fingerprint density at radius 3 is 2.58 bits per heavy atom. The summed E-state index contributed by atoms with van der Waals surface area (Å²) in [6, 6.07) is 9.10. The largest absolute Gasteiger partial charge is 0.507 e. The van der Waals surface area contributed by atoms with Crippen LogP contribution in [0.1, 0.15) is 52.6 Å². The first-order valence-electron chi connectivity index (χ1n) is 11.1. The molecule has 0 saturated carbocycles. The van der Waals surface area contributed by atoms with Crippen molar-refractivity contribution in [1.29, 1.82) is 0 Å². The predicted molar refractivity (Wildman–Crippen MR) is 127 cm³/mol. The molecule has 2 aromatic carbocycles. The van der Waals surface area contributed by atoms with E-state index >= 15 is 0 Å². The number of nitrogens with one attached hydrogen (secondary N) is 1. The number of rotatable bonds is 8. The van der Waals surface area contributed by atoms with Crippen LogP contribution in [0.15, 0.2) is 43.0 Å². The highest BCUT2D eigenvalue weighted by molar-refractivity contribution is 6.00. The highest BCUT2D eigenvalue weighted by Crippen LogP contribution is 2.46. The van der Waals surface area contributed by atoms with E-state index in [1.165, 1.54) is 0 Å². The molecule has 7 nitrogen and oxygen atoms in total. The lowest BCUT2D eigenvalue weighted by atomic mass is 9.94. The number of aromatic hydroxyl groups is 1. The van der Waals surface area contributed by atoms with Gasteiger partial charge in [-0.2, -0.15) is 5.10 Å². The molecular weight excluding hydrogens is 418 g/mol. The fourth-order valence-electron chi connectivity index (χ4n) is 4.45. The van der Waals surface area contributed by atoms with Crippen molar-refractivity contribution in [3.8, 4) is 28.5 Å². The van der Waals surface area contributed by atoms with E-state index in [1.807, 2.05) is 58.0 Å². The summed E-state index contributed by atoms with van der Waals surface area (Å²) in [5.74, 6) is 1.27. The summed E-state index contributed by atoms with van der Waals surface area (Å²) in [6.07, 6.45) is 1.70. The van der Waals surface area contributed by atoms with Crippen molar-refractivity contribution in [1.82, 2.24) is 15.1 Å². The number of ether oxygens (including phenoxy) is 2. The van der Waals surface area contributed by atoms with Gasteiger partial charge in [-0.15, -0.1) is 6.58 Å².